The van der Waals surface area contributed by atoms with E-state index in [1.54, 1.807) is 0 Å². The maximum atomic E-state index is 6.23. The fourth-order valence-electron chi connectivity index (χ4n) is 3.79. The van der Waals surface area contributed by atoms with Gasteiger partial charge in [0.05, 0.1) is 18.1 Å². The minimum absolute atomic E-state index is 0.103. The summed E-state index contributed by atoms with van der Waals surface area (Å²) in [6.07, 6.45) is 3.79. The van der Waals surface area contributed by atoms with Crippen molar-refractivity contribution in [2.24, 2.45) is 0 Å². The Morgan fingerprint density at radius 2 is 1.21 bits per heavy atom. The summed E-state index contributed by atoms with van der Waals surface area (Å²) in [6.45, 7) is 15.1. The Balaban J connectivity index is 1.98. The molecule has 1 aromatic carbocycles. The van der Waals surface area contributed by atoms with Crippen molar-refractivity contribution < 1.29 is 4.74 Å². The number of rotatable bonds is 1. The number of ether oxygens (including phenoxy) is 1. The van der Waals surface area contributed by atoms with Crippen molar-refractivity contribution in [2.75, 3.05) is 4.90 Å². The Morgan fingerprint density at radius 3 is 1.64 bits per heavy atom. The Bertz CT molecular complexity index is 1010. The fourth-order valence-corrected chi connectivity index (χ4v) is 3.79. The Kier molecular flexibility index (Phi) is 4.18. The molecule has 0 saturated heterocycles. The number of nitrogens with zero attached hydrogens (tertiary/aromatic N) is 3. The van der Waals surface area contributed by atoms with Crippen molar-refractivity contribution >= 4 is 17.1 Å². The molecule has 1 aliphatic rings. The molecule has 1 aliphatic heterocycles. The van der Waals surface area contributed by atoms with Gasteiger partial charge in [0.15, 0.2) is 11.5 Å². The molecule has 28 heavy (non-hydrogen) atoms. The predicted octanol–water partition coefficient (Wildman–Crippen LogP) is 6.58. The molecule has 0 atom stereocenters. The molecule has 0 spiro atoms. The van der Waals surface area contributed by atoms with Crippen LogP contribution >= 0.6 is 0 Å². The summed E-state index contributed by atoms with van der Waals surface area (Å²) in [7, 11) is 0. The third-order valence-electron chi connectivity index (χ3n) is 5.25. The van der Waals surface area contributed by atoms with Gasteiger partial charge in [-0.05, 0) is 49.8 Å². The van der Waals surface area contributed by atoms with Crippen LogP contribution in [0.1, 0.15) is 48.8 Å². The molecule has 3 aromatic rings. The molecular weight excluding hydrogens is 346 g/mol. The minimum atomic E-state index is 0.103. The van der Waals surface area contributed by atoms with Gasteiger partial charge in [-0.15, -0.1) is 0 Å². The highest BCUT2D eigenvalue weighted by molar-refractivity contribution is 5.88. The zero-order chi connectivity index (χ0) is 20.2. The Labute approximate surface area is 167 Å². The molecular formula is C24H27N3O. The van der Waals surface area contributed by atoms with Gasteiger partial charge in [-0.3, -0.25) is 9.97 Å². The van der Waals surface area contributed by atoms with Crippen LogP contribution < -0.4 is 9.64 Å². The minimum Gasteiger partial charge on any atom is -0.453 e. The van der Waals surface area contributed by atoms with E-state index in [-0.39, 0.29) is 5.41 Å². The number of pyridine rings is 2. The van der Waals surface area contributed by atoms with Crippen LogP contribution in [-0.2, 0) is 5.41 Å². The van der Waals surface area contributed by atoms with E-state index in [0.29, 0.717) is 0 Å². The van der Waals surface area contributed by atoms with Crippen molar-refractivity contribution in [2.45, 2.75) is 53.9 Å². The molecule has 0 aliphatic carbocycles. The van der Waals surface area contributed by atoms with Crippen LogP contribution in [0.4, 0.5) is 17.1 Å². The predicted molar refractivity (Wildman–Crippen MR) is 114 cm³/mol. The lowest BCUT2D eigenvalue weighted by Crippen LogP contribution is -2.20. The molecule has 0 N–H and O–H groups in total. The van der Waals surface area contributed by atoms with Crippen LogP contribution in [0.3, 0.4) is 0 Å². The molecule has 0 saturated carbocycles. The average molecular weight is 374 g/mol. The standard InChI is InChI=1S/C24H27N3O/c1-14-8-18(24(5,6)7)9-15(2)23(14)27-19-12-25-16(3)10-21(19)28-22-11-17(4)26-13-20(22)27/h8-13H,1-7H3. The van der Waals surface area contributed by atoms with E-state index in [1.807, 2.05) is 38.4 Å². The number of aryl methyl sites for hydroxylation is 4. The Hall–Kier alpha value is -2.88. The van der Waals surface area contributed by atoms with Gasteiger partial charge in [-0.1, -0.05) is 32.9 Å². The SMILES string of the molecule is Cc1cc2c(cn1)N(c1c(C)cc(C(C)(C)C)cc1C)c1cnc(C)cc1O2. The molecule has 0 amide bonds. The van der Waals surface area contributed by atoms with Gasteiger partial charge in [0.2, 0.25) is 0 Å². The maximum absolute atomic E-state index is 6.23. The molecule has 0 bridgehead atoms. The highest BCUT2D eigenvalue weighted by Gasteiger charge is 2.29. The number of anilines is 3. The molecule has 4 nitrogen and oxygen atoms in total. The summed E-state index contributed by atoms with van der Waals surface area (Å²) in [4.78, 5) is 11.3. The summed E-state index contributed by atoms with van der Waals surface area (Å²) in [5.74, 6) is 1.65. The monoisotopic (exact) mass is 373 g/mol. The van der Waals surface area contributed by atoms with Gasteiger partial charge in [-0.25, -0.2) is 0 Å². The maximum Gasteiger partial charge on any atom is 0.154 e. The van der Waals surface area contributed by atoms with Gasteiger partial charge >= 0.3 is 0 Å². The quantitative estimate of drug-likeness (QED) is 0.377. The van der Waals surface area contributed by atoms with E-state index >= 15 is 0 Å². The first-order chi connectivity index (χ1) is 13.1. The molecule has 144 valence electrons. The second-order valence-electron chi connectivity index (χ2n) is 8.73. The first-order valence-corrected chi connectivity index (χ1v) is 9.68. The summed E-state index contributed by atoms with van der Waals surface area (Å²) in [6, 6.07) is 8.57. The topological polar surface area (TPSA) is 38.2 Å². The largest absolute Gasteiger partial charge is 0.453 e. The molecule has 2 aromatic heterocycles. The first kappa shape index (κ1) is 18.5. The smallest absolute Gasteiger partial charge is 0.154 e. The highest BCUT2D eigenvalue weighted by Crippen LogP contribution is 2.51. The molecule has 3 heterocycles. The third-order valence-corrected chi connectivity index (χ3v) is 5.25. The van der Waals surface area contributed by atoms with Crippen molar-refractivity contribution in [1.29, 1.82) is 0 Å². The normalized spacial score (nSPS) is 13.0. The van der Waals surface area contributed by atoms with E-state index in [2.05, 4.69) is 61.6 Å². The van der Waals surface area contributed by atoms with Crippen LogP contribution in [-0.4, -0.2) is 9.97 Å². The van der Waals surface area contributed by atoms with Crippen molar-refractivity contribution in [1.82, 2.24) is 9.97 Å². The lowest BCUT2D eigenvalue weighted by Gasteiger charge is -2.35. The third kappa shape index (κ3) is 3.03. The van der Waals surface area contributed by atoms with Crippen molar-refractivity contribution in [3.63, 3.8) is 0 Å². The van der Waals surface area contributed by atoms with Gasteiger partial charge in [-0.2, -0.15) is 0 Å². The Morgan fingerprint density at radius 1 is 0.750 bits per heavy atom. The van der Waals surface area contributed by atoms with Crippen LogP contribution in [0.15, 0.2) is 36.7 Å². The zero-order valence-corrected chi connectivity index (χ0v) is 17.7. The van der Waals surface area contributed by atoms with Gasteiger partial charge < -0.3 is 9.64 Å². The molecule has 4 heteroatoms. The van der Waals surface area contributed by atoms with E-state index in [0.717, 1.165) is 39.9 Å². The summed E-state index contributed by atoms with van der Waals surface area (Å²) in [5.41, 5.74) is 8.81. The number of benzene rings is 1. The fraction of sp³-hybridized carbons (Fsp3) is 0.333. The average Bonchev–Trinajstić information content (AvgIpc) is 2.59. The van der Waals surface area contributed by atoms with E-state index < -0.39 is 0 Å². The zero-order valence-electron chi connectivity index (χ0n) is 17.7. The second-order valence-corrected chi connectivity index (χ2v) is 8.73. The first-order valence-electron chi connectivity index (χ1n) is 9.68. The van der Waals surface area contributed by atoms with Crippen LogP contribution in [0.2, 0.25) is 0 Å². The lowest BCUT2D eigenvalue weighted by molar-refractivity contribution is 0.474. The molecule has 0 unspecified atom stereocenters. The number of fused-ring (bicyclic) bond motifs is 2. The number of aromatic nitrogens is 2. The van der Waals surface area contributed by atoms with E-state index in [1.165, 1.54) is 16.7 Å². The van der Waals surface area contributed by atoms with Gasteiger partial charge in [0, 0.05) is 23.5 Å². The van der Waals surface area contributed by atoms with Crippen molar-refractivity contribution in [3.8, 4) is 11.5 Å². The lowest BCUT2D eigenvalue weighted by atomic mass is 9.84. The molecule has 0 radical (unpaired) electrons. The molecule has 4 rings (SSSR count). The van der Waals surface area contributed by atoms with Crippen LogP contribution in [0, 0.1) is 27.7 Å². The van der Waals surface area contributed by atoms with Crippen LogP contribution in [0.5, 0.6) is 11.5 Å². The number of hydrogen-bond donors (Lipinski definition) is 0. The number of hydrogen-bond acceptors (Lipinski definition) is 4. The second kappa shape index (κ2) is 6.33. The van der Waals surface area contributed by atoms with Gasteiger partial charge in [0.25, 0.3) is 0 Å². The summed E-state index contributed by atoms with van der Waals surface area (Å²) < 4.78 is 6.23. The van der Waals surface area contributed by atoms with Crippen LogP contribution in [0.25, 0.3) is 0 Å². The van der Waals surface area contributed by atoms with E-state index in [9.17, 15) is 0 Å². The summed E-state index contributed by atoms with van der Waals surface area (Å²) in [5, 5.41) is 0. The highest BCUT2D eigenvalue weighted by atomic mass is 16.5. The summed E-state index contributed by atoms with van der Waals surface area (Å²) >= 11 is 0. The van der Waals surface area contributed by atoms with Gasteiger partial charge in [0.1, 0.15) is 11.4 Å². The molecule has 0 fully saturated rings. The van der Waals surface area contributed by atoms with Crippen molar-refractivity contribution in [3.05, 3.63) is 64.7 Å². The van der Waals surface area contributed by atoms with E-state index in [4.69, 9.17) is 4.74 Å².